The smallest absolute Gasteiger partial charge is 0.231 e. The maximum atomic E-state index is 13.3. The number of nitrogens with one attached hydrogen (secondary N) is 1. The molecule has 1 aliphatic heterocycles. The summed E-state index contributed by atoms with van der Waals surface area (Å²) in [6.45, 7) is 0.743. The van der Waals surface area contributed by atoms with Crippen LogP contribution in [0.3, 0.4) is 0 Å². The average molecular weight is 270 g/mol. The lowest BCUT2D eigenvalue weighted by molar-refractivity contribution is 0.174. The number of nitriles is 1. The van der Waals surface area contributed by atoms with Gasteiger partial charge in [-0.25, -0.2) is 4.39 Å². The van der Waals surface area contributed by atoms with Crippen molar-refractivity contribution in [1.29, 1.82) is 5.26 Å². The van der Waals surface area contributed by atoms with Gasteiger partial charge in [-0.15, -0.1) is 0 Å². The lowest BCUT2D eigenvalue weighted by atomic mass is 10.1. The van der Waals surface area contributed by atoms with Crippen LogP contribution < -0.4 is 14.8 Å². The van der Waals surface area contributed by atoms with E-state index in [1.54, 1.807) is 6.07 Å². The van der Waals surface area contributed by atoms with Gasteiger partial charge in [0.25, 0.3) is 0 Å². The molecule has 0 aromatic heterocycles. The molecular formula is C15H11FN2O2. The molecule has 100 valence electrons. The van der Waals surface area contributed by atoms with Gasteiger partial charge in [0.05, 0.1) is 11.6 Å². The highest BCUT2D eigenvalue weighted by Crippen LogP contribution is 2.32. The Hall–Kier alpha value is -2.74. The van der Waals surface area contributed by atoms with Crippen LogP contribution in [0.25, 0.3) is 0 Å². The van der Waals surface area contributed by atoms with Gasteiger partial charge in [0, 0.05) is 12.2 Å². The molecule has 0 saturated heterocycles. The van der Waals surface area contributed by atoms with Gasteiger partial charge in [-0.05, 0) is 35.9 Å². The Morgan fingerprint density at radius 1 is 1.15 bits per heavy atom. The lowest BCUT2D eigenvalue weighted by Gasteiger charge is -2.08. The summed E-state index contributed by atoms with van der Waals surface area (Å²) in [5, 5.41) is 11.9. The summed E-state index contributed by atoms with van der Waals surface area (Å²) < 4.78 is 23.8. The highest BCUT2D eigenvalue weighted by atomic mass is 19.1. The molecule has 0 amide bonds. The Kier molecular flexibility index (Phi) is 3.13. The topological polar surface area (TPSA) is 54.3 Å². The van der Waals surface area contributed by atoms with Crippen LogP contribution in [0.4, 0.5) is 10.1 Å². The summed E-state index contributed by atoms with van der Waals surface area (Å²) in [5.74, 6) is 1.00. The first-order valence-electron chi connectivity index (χ1n) is 6.08. The van der Waals surface area contributed by atoms with Crippen molar-refractivity contribution in [2.24, 2.45) is 0 Å². The molecule has 2 aromatic rings. The van der Waals surface area contributed by atoms with Crippen molar-refractivity contribution in [3.63, 3.8) is 0 Å². The zero-order chi connectivity index (χ0) is 13.9. The highest BCUT2D eigenvalue weighted by Gasteiger charge is 2.12. The van der Waals surface area contributed by atoms with Crippen molar-refractivity contribution in [2.45, 2.75) is 6.54 Å². The number of rotatable bonds is 3. The minimum absolute atomic E-state index is 0.238. The van der Waals surface area contributed by atoms with Gasteiger partial charge < -0.3 is 14.8 Å². The third-order valence-corrected chi connectivity index (χ3v) is 2.96. The van der Waals surface area contributed by atoms with Gasteiger partial charge in [0.15, 0.2) is 11.5 Å². The van der Waals surface area contributed by atoms with Crippen molar-refractivity contribution < 1.29 is 13.9 Å². The minimum atomic E-state index is -0.433. The zero-order valence-electron chi connectivity index (χ0n) is 10.5. The average Bonchev–Trinajstić information content (AvgIpc) is 2.92. The largest absolute Gasteiger partial charge is 0.454 e. The van der Waals surface area contributed by atoms with E-state index in [4.69, 9.17) is 14.7 Å². The Balaban J connectivity index is 1.73. The van der Waals surface area contributed by atoms with E-state index in [1.807, 2.05) is 24.3 Å². The van der Waals surface area contributed by atoms with Gasteiger partial charge in [-0.3, -0.25) is 0 Å². The van der Waals surface area contributed by atoms with Gasteiger partial charge in [0.1, 0.15) is 5.82 Å². The van der Waals surface area contributed by atoms with Gasteiger partial charge >= 0.3 is 0 Å². The summed E-state index contributed by atoms with van der Waals surface area (Å²) in [6, 6.07) is 11.7. The SMILES string of the molecule is N#Cc1cc(F)cc(NCc2ccc3c(c2)OCO3)c1. The second-order valence-corrected chi connectivity index (χ2v) is 4.38. The van der Waals surface area contributed by atoms with E-state index in [0.717, 1.165) is 11.3 Å². The van der Waals surface area contributed by atoms with E-state index in [1.165, 1.54) is 12.1 Å². The van der Waals surface area contributed by atoms with Crippen LogP contribution in [0.15, 0.2) is 36.4 Å². The fourth-order valence-corrected chi connectivity index (χ4v) is 2.01. The van der Waals surface area contributed by atoms with E-state index in [-0.39, 0.29) is 12.4 Å². The molecule has 2 aromatic carbocycles. The van der Waals surface area contributed by atoms with E-state index < -0.39 is 5.82 Å². The molecule has 1 aliphatic rings. The number of anilines is 1. The van der Waals surface area contributed by atoms with Crippen molar-refractivity contribution in [1.82, 2.24) is 0 Å². The Labute approximate surface area is 115 Å². The number of hydrogen-bond acceptors (Lipinski definition) is 4. The molecule has 0 spiro atoms. The van der Waals surface area contributed by atoms with Crippen molar-refractivity contribution >= 4 is 5.69 Å². The molecule has 4 nitrogen and oxygen atoms in total. The normalized spacial score (nSPS) is 12.0. The predicted molar refractivity (Wildman–Crippen MR) is 71.0 cm³/mol. The van der Waals surface area contributed by atoms with E-state index in [0.29, 0.717) is 18.0 Å². The Morgan fingerprint density at radius 3 is 2.85 bits per heavy atom. The van der Waals surface area contributed by atoms with E-state index in [9.17, 15) is 4.39 Å². The van der Waals surface area contributed by atoms with Crippen LogP contribution in [-0.4, -0.2) is 6.79 Å². The summed E-state index contributed by atoms with van der Waals surface area (Å²) in [4.78, 5) is 0. The Bertz CT molecular complexity index is 695. The van der Waals surface area contributed by atoms with Gasteiger partial charge in [0.2, 0.25) is 6.79 Å². The number of benzene rings is 2. The van der Waals surface area contributed by atoms with Crippen molar-refractivity contribution in [3.05, 3.63) is 53.3 Å². The van der Waals surface area contributed by atoms with Crippen molar-refractivity contribution in [2.75, 3.05) is 12.1 Å². The molecule has 1 N–H and O–H groups in total. The van der Waals surface area contributed by atoms with Crippen LogP contribution in [0.2, 0.25) is 0 Å². The molecule has 3 rings (SSSR count). The van der Waals surface area contributed by atoms with Gasteiger partial charge in [-0.1, -0.05) is 6.07 Å². The highest BCUT2D eigenvalue weighted by molar-refractivity contribution is 5.51. The summed E-state index contributed by atoms with van der Waals surface area (Å²) in [7, 11) is 0. The molecule has 20 heavy (non-hydrogen) atoms. The second-order valence-electron chi connectivity index (χ2n) is 4.38. The molecule has 0 aliphatic carbocycles. The molecule has 0 fully saturated rings. The fourth-order valence-electron chi connectivity index (χ4n) is 2.01. The first-order chi connectivity index (χ1) is 9.74. The monoisotopic (exact) mass is 270 g/mol. The summed E-state index contributed by atoms with van der Waals surface area (Å²) in [6.07, 6.45) is 0. The molecule has 0 unspecified atom stereocenters. The van der Waals surface area contributed by atoms with Gasteiger partial charge in [-0.2, -0.15) is 5.26 Å². The molecule has 0 saturated carbocycles. The standard InChI is InChI=1S/C15H11FN2O2/c16-12-3-11(7-17)4-13(6-12)18-8-10-1-2-14-15(5-10)20-9-19-14/h1-6,18H,8-9H2. The third-order valence-electron chi connectivity index (χ3n) is 2.96. The summed E-state index contributed by atoms with van der Waals surface area (Å²) >= 11 is 0. The van der Waals surface area contributed by atoms with E-state index >= 15 is 0 Å². The number of hydrogen-bond donors (Lipinski definition) is 1. The van der Waals surface area contributed by atoms with Crippen LogP contribution >= 0.6 is 0 Å². The molecule has 0 atom stereocenters. The van der Waals surface area contributed by atoms with Crippen LogP contribution in [0.5, 0.6) is 11.5 Å². The molecule has 5 heteroatoms. The lowest BCUT2D eigenvalue weighted by Crippen LogP contribution is -2.00. The third kappa shape index (κ3) is 2.50. The van der Waals surface area contributed by atoms with E-state index in [2.05, 4.69) is 5.32 Å². The van der Waals surface area contributed by atoms with Crippen LogP contribution in [0.1, 0.15) is 11.1 Å². The van der Waals surface area contributed by atoms with Crippen LogP contribution in [0, 0.1) is 17.1 Å². The predicted octanol–water partition coefficient (Wildman–Crippen LogP) is 3.04. The zero-order valence-corrected chi connectivity index (χ0v) is 10.5. The molecular weight excluding hydrogens is 259 g/mol. The quantitative estimate of drug-likeness (QED) is 0.931. The first-order valence-corrected chi connectivity index (χ1v) is 6.08. The maximum Gasteiger partial charge on any atom is 0.231 e. The molecule has 1 heterocycles. The number of nitrogens with zero attached hydrogens (tertiary/aromatic N) is 1. The Morgan fingerprint density at radius 2 is 2.00 bits per heavy atom. The molecule has 0 radical (unpaired) electrons. The van der Waals surface area contributed by atoms with Crippen LogP contribution in [-0.2, 0) is 6.54 Å². The molecule has 0 bridgehead atoms. The minimum Gasteiger partial charge on any atom is -0.454 e. The van der Waals surface area contributed by atoms with Crippen molar-refractivity contribution in [3.8, 4) is 17.6 Å². The number of ether oxygens (including phenoxy) is 2. The maximum absolute atomic E-state index is 13.3. The first kappa shape index (κ1) is 12.3. The summed E-state index contributed by atoms with van der Waals surface area (Å²) in [5.41, 5.74) is 1.84. The fraction of sp³-hybridized carbons (Fsp3) is 0.133. The number of halogens is 1. The second kappa shape index (κ2) is 5.10. The number of fused-ring (bicyclic) bond motifs is 1.